The van der Waals surface area contributed by atoms with Crippen LogP contribution in [0.1, 0.15) is 41.8 Å². The maximum atomic E-state index is 13.7. The number of aromatic nitrogens is 2. The third kappa shape index (κ3) is 5.93. The molecule has 0 bridgehead atoms. The van der Waals surface area contributed by atoms with Crippen LogP contribution < -0.4 is 20.7 Å². The van der Waals surface area contributed by atoms with Crippen LogP contribution in [0.5, 0.6) is 5.75 Å². The summed E-state index contributed by atoms with van der Waals surface area (Å²) in [5.74, 6) is 1.01. The molecular weight excluding hydrogens is 543 g/mol. The second-order valence-electron chi connectivity index (χ2n) is 11.0. The Bertz CT molecular complexity index is 1610. The molecular formula is C32H34F3N5O2. The van der Waals surface area contributed by atoms with Crippen LogP contribution in [-0.4, -0.2) is 29.0 Å². The molecule has 0 unspecified atom stereocenters. The summed E-state index contributed by atoms with van der Waals surface area (Å²) in [6.07, 6.45) is -3.88. The normalized spacial score (nSPS) is 13.3. The maximum absolute atomic E-state index is 13.7. The minimum Gasteiger partial charge on any atom is -0.491 e. The zero-order chi connectivity index (χ0) is 30.2. The number of benzene rings is 3. The van der Waals surface area contributed by atoms with E-state index < -0.39 is 17.8 Å². The predicted octanol–water partition coefficient (Wildman–Crippen LogP) is 7.26. The van der Waals surface area contributed by atoms with E-state index in [1.807, 2.05) is 46.8 Å². The fourth-order valence-corrected chi connectivity index (χ4v) is 5.29. The number of carbonyl (C=O) groups is 1. The molecule has 0 aliphatic carbocycles. The number of urea groups is 1. The number of nitrogens with zero attached hydrogens (tertiary/aromatic N) is 3. The van der Waals surface area contributed by atoms with Crippen LogP contribution in [0.15, 0.2) is 60.7 Å². The minimum absolute atomic E-state index is 0.190. The molecule has 1 aromatic heterocycles. The number of ether oxygens (including phenoxy) is 1. The SMILES string of the molecule is Cc1ccc(N2CCc3nn(-c4c(C)cccc4OCC(C)C)c(-c4ccc(NC(N)=O)cc4)c3C2)cc1C(F)(F)F. The molecule has 2 amide bonds. The summed E-state index contributed by atoms with van der Waals surface area (Å²) in [7, 11) is 0. The number of hydrogen-bond donors (Lipinski definition) is 2. The number of halogens is 3. The third-order valence-electron chi connectivity index (χ3n) is 7.34. The molecule has 1 aliphatic rings. The fourth-order valence-electron chi connectivity index (χ4n) is 5.29. The topological polar surface area (TPSA) is 85.4 Å². The number of para-hydroxylation sites is 1. The van der Waals surface area contributed by atoms with Gasteiger partial charge in [0.15, 0.2) is 0 Å². The van der Waals surface area contributed by atoms with Gasteiger partial charge in [-0.1, -0.05) is 44.2 Å². The van der Waals surface area contributed by atoms with Gasteiger partial charge in [0.25, 0.3) is 0 Å². The van der Waals surface area contributed by atoms with Gasteiger partial charge in [-0.2, -0.15) is 18.3 Å². The molecule has 0 fully saturated rings. The average molecular weight is 578 g/mol. The number of amides is 2. The molecule has 10 heteroatoms. The van der Waals surface area contributed by atoms with E-state index in [0.717, 1.165) is 33.8 Å². The first-order valence-corrected chi connectivity index (χ1v) is 13.9. The van der Waals surface area contributed by atoms with Crippen molar-refractivity contribution in [2.24, 2.45) is 11.7 Å². The first kappa shape index (κ1) is 29.0. The van der Waals surface area contributed by atoms with Crippen LogP contribution >= 0.6 is 0 Å². The lowest BCUT2D eigenvalue weighted by Gasteiger charge is -2.30. The Balaban J connectivity index is 1.64. The summed E-state index contributed by atoms with van der Waals surface area (Å²) < 4.78 is 49.3. The summed E-state index contributed by atoms with van der Waals surface area (Å²) in [5.41, 5.74) is 11.1. The number of carbonyl (C=O) groups excluding carboxylic acids is 1. The zero-order valence-corrected chi connectivity index (χ0v) is 24.0. The number of hydrogen-bond acceptors (Lipinski definition) is 4. The van der Waals surface area contributed by atoms with E-state index in [-0.39, 0.29) is 5.56 Å². The third-order valence-corrected chi connectivity index (χ3v) is 7.34. The number of nitrogens with two attached hydrogens (primary N) is 1. The first-order chi connectivity index (χ1) is 19.9. The Hall–Kier alpha value is -4.47. The first-order valence-electron chi connectivity index (χ1n) is 13.9. The van der Waals surface area contributed by atoms with E-state index in [9.17, 15) is 18.0 Å². The monoisotopic (exact) mass is 577 g/mol. The van der Waals surface area contributed by atoms with Crippen molar-refractivity contribution in [2.75, 3.05) is 23.4 Å². The quantitative estimate of drug-likeness (QED) is 0.242. The number of alkyl halides is 3. The van der Waals surface area contributed by atoms with Crippen molar-refractivity contribution in [3.63, 3.8) is 0 Å². The number of aryl methyl sites for hydroxylation is 2. The fraction of sp³-hybridized carbons (Fsp3) is 0.312. The summed E-state index contributed by atoms with van der Waals surface area (Å²) in [6.45, 7) is 9.07. The highest BCUT2D eigenvalue weighted by Gasteiger charge is 2.34. The molecule has 1 aliphatic heterocycles. The molecule has 0 saturated heterocycles. The number of fused-ring (bicyclic) bond motifs is 1. The van der Waals surface area contributed by atoms with Gasteiger partial charge in [0.05, 0.1) is 23.6 Å². The molecule has 4 aromatic rings. The van der Waals surface area contributed by atoms with Crippen LogP contribution in [-0.2, 0) is 19.1 Å². The molecule has 3 aromatic carbocycles. The van der Waals surface area contributed by atoms with E-state index in [2.05, 4.69) is 19.2 Å². The molecule has 0 radical (unpaired) electrons. The standard InChI is InChI=1S/C32H34F3N5O2/c1-19(2)18-42-28-7-5-6-21(4)29(28)40-30(22-9-11-23(12-10-22)37-31(36)41)25-17-39(15-14-27(25)38-40)24-13-8-20(3)26(16-24)32(33,34)35/h5-13,16,19H,14-15,17-18H2,1-4H3,(H3,36,37,41). The van der Waals surface area contributed by atoms with Crippen molar-refractivity contribution in [1.82, 2.24) is 9.78 Å². The lowest BCUT2D eigenvalue weighted by molar-refractivity contribution is -0.138. The summed E-state index contributed by atoms with van der Waals surface area (Å²) >= 11 is 0. The molecule has 3 N–H and O–H groups in total. The van der Waals surface area contributed by atoms with Gasteiger partial charge in [-0.15, -0.1) is 0 Å². The van der Waals surface area contributed by atoms with Gasteiger partial charge < -0.3 is 20.7 Å². The Labute approximate surface area is 243 Å². The van der Waals surface area contributed by atoms with Crippen molar-refractivity contribution in [1.29, 1.82) is 0 Å². The zero-order valence-electron chi connectivity index (χ0n) is 24.0. The van der Waals surface area contributed by atoms with Gasteiger partial charge in [0.2, 0.25) is 0 Å². The van der Waals surface area contributed by atoms with Gasteiger partial charge >= 0.3 is 12.2 Å². The highest BCUT2D eigenvalue weighted by molar-refractivity contribution is 5.88. The van der Waals surface area contributed by atoms with E-state index in [1.165, 1.54) is 19.1 Å². The van der Waals surface area contributed by atoms with E-state index in [0.29, 0.717) is 49.2 Å². The highest BCUT2D eigenvalue weighted by atomic mass is 19.4. The van der Waals surface area contributed by atoms with E-state index in [1.54, 1.807) is 18.2 Å². The molecule has 0 atom stereocenters. The summed E-state index contributed by atoms with van der Waals surface area (Å²) in [6, 6.07) is 17.0. The van der Waals surface area contributed by atoms with Gasteiger partial charge in [-0.25, -0.2) is 9.48 Å². The van der Waals surface area contributed by atoms with Crippen LogP contribution in [0, 0.1) is 19.8 Å². The number of primary amides is 1. The number of rotatable bonds is 7. The maximum Gasteiger partial charge on any atom is 0.416 e. The largest absolute Gasteiger partial charge is 0.491 e. The second kappa shape index (κ2) is 11.4. The van der Waals surface area contributed by atoms with Gasteiger partial charge in [-0.05, 0) is 61.2 Å². The van der Waals surface area contributed by atoms with Crippen molar-refractivity contribution >= 4 is 17.4 Å². The van der Waals surface area contributed by atoms with Crippen LogP contribution in [0.4, 0.5) is 29.3 Å². The molecule has 2 heterocycles. The van der Waals surface area contributed by atoms with E-state index in [4.69, 9.17) is 15.6 Å². The molecule has 5 rings (SSSR count). The lowest BCUT2D eigenvalue weighted by Crippen LogP contribution is -2.30. The smallest absolute Gasteiger partial charge is 0.416 e. The number of nitrogens with one attached hydrogen (secondary N) is 1. The molecule has 0 spiro atoms. The van der Waals surface area contributed by atoms with Gasteiger partial charge in [0.1, 0.15) is 11.4 Å². The van der Waals surface area contributed by atoms with Crippen molar-refractivity contribution < 1.29 is 22.7 Å². The summed E-state index contributed by atoms with van der Waals surface area (Å²) in [5, 5.41) is 7.63. The van der Waals surface area contributed by atoms with Gasteiger partial charge in [-0.3, -0.25) is 0 Å². The summed E-state index contributed by atoms with van der Waals surface area (Å²) in [4.78, 5) is 13.3. The Morgan fingerprint density at radius 3 is 2.48 bits per heavy atom. The highest BCUT2D eigenvalue weighted by Crippen LogP contribution is 2.39. The Kier molecular flexibility index (Phi) is 7.90. The van der Waals surface area contributed by atoms with Crippen LogP contribution in [0.25, 0.3) is 16.9 Å². The van der Waals surface area contributed by atoms with Crippen LogP contribution in [0.3, 0.4) is 0 Å². The number of anilines is 2. The lowest BCUT2D eigenvalue weighted by atomic mass is 9.99. The molecule has 7 nitrogen and oxygen atoms in total. The van der Waals surface area contributed by atoms with Crippen LogP contribution in [0.2, 0.25) is 0 Å². The molecule has 42 heavy (non-hydrogen) atoms. The average Bonchev–Trinajstić information content (AvgIpc) is 3.29. The Morgan fingerprint density at radius 2 is 1.81 bits per heavy atom. The molecule has 0 saturated carbocycles. The predicted molar refractivity (Wildman–Crippen MR) is 158 cm³/mol. The van der Waals surface area contributed by atoms with Crippen molar-refractivity contribution in [3.05, 3.63) is 88.6 Å². The molecule has 220 valence electrons. The van der Waals surface area contributed by atoms with Crippen molar-refractivity contribution in [2.45, 2.75) is 46.8 Å². The van der Waals surface area contributed by atoms with Gasteiger partial charge in [0, 0.05) is 42.0 Å². The Morgan fingerprint density at radius 1 is 1.07 bits per heavy atom. The van der Waals surface area contributed by atoms with E-state index >= 15 is 0 Å². The van der Waals surface area contributed by atoms with Crippen molar-refractivity contribution in [3.8, 4) is 22.7 Å². The second-order valence-corrected chi connectivity index (χ2v) is 11.0. The minimum atomic E-state index is -4.44.